The van der Waals surface area contributed by atoms with E-state index in [0.29, 0.717) is 12.6 Å². The van der Waals surface area contributed by atoms with Crippen LogP contribution in [0.3, 0.4) is 0 Å². The molecule has 3 rings (SSSR count). The van der Waals surface area contributed by atoms with Gasteiger partial charge >= 0.3 is 0 Å². The maximum Gasteiger partial charge on any atom is 0.252 e. The monoisotopic (exact) mass is 290 g/mol. The molecule has 0 aromatic carbocycles. The van der Waals surface area contributed by atoms with Crippen LogP contribution in [0.5, 0.6) is 0 Å². The highest BCUT2D eigenvalue weighted by Gasteiger charge is 2.23. The first-order chi connectivity index (χ1) is 9.74. The van der Waals surface area contributed by atoms with E-state index in [9.17, 15) is 4.79 Å². The molecule has 20 heavy (non-hydrogen) atoms. The Morgan fingerprint density at radius 2 is 2.45 bits per heavy atom. The summed E-state index contributed by atoms with van der Waals surface area (Å²) >= 11 is 1.54. The highest BCUT2D eigenvalue weighted by Crippen LogP contribution is 2.21. The molecule has 1 aliphatic rings. The lowest BCUT2D eigenvalue weighted by Crippen LogP contribution is -2.37. The van der Waals surface area contributed by atoms with Gasteiger partial charge < -0.3 is 5.32 Å². The van der Waals surface area contributed by atoms with Gasteiger partial charge in [0.2, 0.25) is 0 Å². The normalized spacial score (nSPS) is 18.8. The molecule has 0 fully saturated rings. The van der Waals surface area contributed by atoms with E-state index in [0.717, 1.165) is 25.1 Å². The second-order valence-electron chi connectivity index (χ2n) is 5.17. The summed E-state index contributed by atoms with van der Waals surface area (Å²) in [5.41, 5.74) is 1.99. The van der Waals surface area contributed by atoms with E-state index in [1.807, 2.05) is 23.0 Å². The summed E-state index contributed by atoms with van der Waals surface area (Å²) in [5.74, 6) is 0.0103. The molecule has 0 radical (unpaired) electrons. The number of hydrogen-bond acceptors (Lipinski definition) is 4. The van der Waals surface area contributed by atoms with Crippen LogP contribution in [-0.4, -0.2) is 40.7 Å². The molecule has 5 nitrogen and oxygen atoms in total. The molecule has 1 atom stereocenters. The van der Waals surface area contributed by atoms with Gasteiger partial charge in [-0.2, -0.15) is 16.4 Å². The lowest BCUT2D eigenvalue weighted by molar-refractivity contribution is 0.0949. The van der Waals surface area contributed by atoms with Crippen molar-refractivity contribution in [3.63, 3.8) is 0 Å². The van der Waals surface area contributed by atoms with E-state index in [1.54, 1.807) is 0 Å². The van der Waals surface area contributed by atoms with Crippen LogP contribution < -0.4 is 5.32 Å². The van der Waals surface area contributed by atoms with Crippen LogP contribution in [0.1, 0.15) is 28.5 Å². The van der Waals surface area contributed by atoms with E-state index in [2.05, 4.69) is 33.1 Å². The summed E-state index contributed by atoms with van der Waals surface area (Å²) in [6, 6.07) is 4.24. The van der Waals surface area contributed by atoms with Crippen LogP contribution >= 0.6 is 11.3 Å². The van der Waals surface area contributed by atoms with Crippen molar-refractivity contribution in [3.8, 4) is 0 Å². The third-order valence-electron chi connectivity index (χ3n) is 3.60. The Balaban J connectivity index is 1.56. The van der Waals surface area contributed by atoms with Gasteiger partial charge in [-0.25, -0.2) is 0 Å². The predicted molar refractivity (Wildman–Crippen MR) is 78.9 cm³/mol. The molecule has 2 aromatic rings. The van der Waals surface area contributed by atoms with Crippen LogP contribution in [0.25, 0.3) is 0 Å². The smallest absolute Gasteiger partial charge is 0.252 e. The van der Waals surface area contributed by atoms with Gasteiger partial charge in [-0.15, -0.1) is 0 Å². The van der Waals surface area contributed by atoms with Crippen molar-refractivity contribution in [1.82, 2.24) is 20.0 Å². The Morgan fingerprint density at radius 1 is 1.55 bits per heavy atom. The predicted octanol–water partition coefficient (Wildman–Crippen LogP) is 1.75. The molecule has 1 aliphatic heterocycles. The Morgan fingerprint density at radius 3 is 3.25 bits per heavy atom. The number of aromatic nitrogens is 2. The zero-order valence-electron chi connectivity index (χ0n) is 11.5. The molecule has 0 saturated heterocycles. The summed E-state index contributed by atoms with van der Waals surface area (Å²) in [6.07, 6.45) is 2.75. The minimum atomic E-state index is 0.0103. The average Bonchev–Trinajstić information content (AvgIpc) is 3.09. The van der Waals surface area contributed by atoms with Crippen LogP contribution in [0.2, 0.25) is 0 Å². The summed E-state index contributed by atoms with van der Waals surface area (Å²) < 4.78 is 2.09. The van der Waals surface area contributed by atoms with E-state index >= 15 is 0 Å². The second kappa shape index (κ2) is 5.76. The highest BCUT2D eigenvalue weighted by atomic mass is 32.1. The molecule has 0 aliphatic carbocycles. The first kappa shape index (κ1) is 13.3. The lowest BCUT2D eigenvalue weighted by atomic mass is 10.1. The Kier molecular flexibility index (Phi) is 3.84. The summed E-state index contributed by atoms with van der Waals surface area (Å²) in [7, 11) is 2.12. The van der Waals surface area contributed by atoms with Gasteiger partial charge in [-0.1, -0.05) is 0 Å². The molecule has 0 saturated carbocycles. The quantitative estimate of drug-likeness (QED) is 0.933. The molecule has 1 N–H and O–H groups in total. The van der Waals surface area contributed by atoms with Gasteiger partial charge in [-0.05, 0) is 31.0 Å². The molecule has 2 aromatic heterocycles. The number of amides is 1. The van der Waals surface area contributed by atoms with Crippen molar-refractivity contribution in [1.29, 1.82) is 0 Å². The third kappa shape index (κ3) is 2.76. The van der Waals surface area contributed by atoms with Crippen LogP contribution in [-0.2, 0) is 6.54 Å². The van der Waals surface area contributed by atoms with Crippen molar-refractivity contribution >= 4 is 17.2 Å². The number of carbonyl (C=O) groups excluding carboxylic acids is 1. The number of fused-ring (bicyclic) bond motifs is 1. The fourth-order valence-electron chi connectivity index (χ4n) is 2.64. The van der Waals surface area contributed by atoms with E-state index in [1.165, 1.54) is 17.0 Å². The van der Waals surface area contributed by atoms with Crippen LogP contribution in [0.4, 0.5) is 0 Å². The molecular weight excluding hydrogens is 272 g/mol. The van der Waals surface area contributed by atoms with Gasteiger partial charge in [0, 0.05) is 36.8 Å². The zero-order chi connectivity index (χ0) is 13.9. The first-order valence-corrected chi connectivity index (χ1v) is 7.69. The SMILES string of the molecule is CN1Cc2ccnn2[C@@H](CCNC(=O)c2ccsc2)C1. The van der Waals surface area contributed by atoms with E-state index < -0.39 is 0 Å². The maximum atomic E-state index is 11.9. The average molecular weight is 290 g/mol. The molecule has 1 amide bonds. The number of carbonyl (C=O) groups is 1. The minimum Gasteiger partial charge on any atom is -0.352 e. The summed E-state index contributed by atoms with van der Waals surface area (Å²) in [4.78, 5) is 14.2. The fourth-order valence-corrected chi connectivity index (χ4v) is 3.27. The van der Waals surface area contributed by atoms with Crippen molar-refractivity contribution in [3.05, 3.63) is 40.3 Å². The summed E-state index contributed by atoms with van der Waals surface area (Å²) in [5, 5.41) is 11.2. The summed E-state index contributed by atoms with van der Waals surface area (Å²) in [6.45, 7) is 2.59. The maximum absolute atomic E-state index is 11.9. The second-order valence-corrected chi connectivity index (χ2v) is 5.95. The number of likely N-dealkylation sites (N-methyl/N-ethyl adjacent to an activating group) is 1. The number of rotatable bonds is 4. The number of hydrogen-bond donors (Lipinski definition) is 1. The Hall–Kier alpha value is -1.66. The highest BCUT2D eigenvalue weighted by molar-refractivity contribution is 7.08. The van der Waals surface area contributed by atoms with Gasteiger partial charge in [-0.3, -0.25) is 14.4 Å². The molecular formula is C14H18N4OS. The molecule has 3 heterocycles. The minimum absolute atomic E-state index is 0.0103. The lowest BCUT2D eigenvalue weighted by Gasteiger charge is -2.31. The molecule has 6 heteroatoms. The molecule has 0 unspecified atom stereocenters. The van der Waals surface area contributed by atoms with Crippen molar-refractivity contribution in [2.45, 2.75) is 19.0 Å². The molecule has 0 bridgehead atoms. The van der Waals surface area contributed by atoms with Gasteiger partial charge in [0.15, 0.2) is 0 Å². The van der Waals surface area contributed by atoms with Gasteiger partial charge in [0.1, 0.15) is 0 Å². The van der Waals surface area contributed by atoms with Crippen LogP contribution in [0.15, 0.2) is 29.1 Å². The molecule has 106 valence electrons. The topological polar surface area (TPSA) is 50.2 Å². The van der Waals surface area contributed by atoms with Crippen molar-refractivity contribution in [2.24, 2.45) is 0 Å². The fraction of sp³-hybridized carbons (Fsp3) is 0.429. The van der Waals surface area contributed by atoms with E-state index in [-0.39, 0.29) is 5.91 Å². The molecule has 0 spiro atoms. The Labute approximate surface area is 122 Å². The van der Waals surface area contributed by atoms with E-state index in [4.69, 9.17) is 0 Å². The number of nitrogens with one attached hydrogen (secondary N) is 1. The number of nitrogens with zero attached hydrogens (tertiary/aromatic N) is 3. The first-order valence-electron chi connectivity index (χ1n) is 6.75. The zero-order valence-corrected chi connectivity index (χ0v) is 12.3. The van der Waals surface area contributed by atoms with Crippen LogP contribution in [0, 0.1) is 0 Å². The van der Waals surface area contributed by atoms with Gasteiger partial charge in [0.25, 0.3) is 5.91 Å². The van der Waals surface area contributed by atoms with Crippen molar-refractivity contribution in [2.75, 3.05) is 20.1 Å². The standard InChI is InChI=1S/C14H18N4OS/c1-17-8-12(18-13(9-17)3-6-16-18)2-5-15-14(19)11-4-7-20-10-11/h3-4,6-7,10,12H,2,5,8-9H2,1H3,(H,15,19)/t12-/m0/s1. The Bertz CT molecular complexity index is 578. The van der Waals surface area contributed by atoms with Crippen molar-refractivity contribution < 1.29 is 4.79 Å². The number of thiophene rings is 1. The third-order valence-corrected chi connectivity index (χ3v) is 4.28. The largest absolute Gasteiger partial charge is 0.352 e. The van der Waals surface area contributed by atoms with Gasteiger partial charge in [0.05, 0.1) is 11.7 Å².